The minimum atomic E-state index is -1.74. The van der Waals surface area contributed by atoms with Gasteiger partial charge in [-0.1, -0.05) is 12.8 Å². The first-order valence-corrected chi connectivity index (χ1v) is 14.0. The van der Waals surface area contributed by atoms with Crippen LogP contribution in [-0.4, -0.2) is 94.2 Å². The van der Waals surface area contributed by atoms with Crippen LogP contribution >= 0.6 is 0 Å². The molecule has 0 aliphatic rings. The highest BCUT2D eigenvalue weighted by atomic mass is 16.6. The van der Waals surface area contributed by atoms with Crippen molar-refractivity contribution in [3.8, 4) is 0 Å². The fraction of sp³-hybridized carbons (Fsp3) is 0.607. The summed E-state index contributed by atoms with van der Waals surface area (Å²) in [6, 6.07) is 3.28. The number of fused-ring (bicyclic) bond motifs is 2. The smallest absolute Gasteiger partial charge is 0.330 e. The second-order valence-corrected chi connectivity index (χ2v) is 11.4. The maximum atomic E-state index is 13.1. The molecule has 0 unspecified atom stereocenters. The van der Waals surface area contributed by atoms with Gasteiger partial charge < -0.3 is 35.6 Å². The number of ether oxygens (including phenoxy) is 1. The van der Waals surface area contributed by atoms with E-state index >= 15 is 0 Å². The number of esters is 1. The topological polar surface area (TPSA) is 220 Å². The third-order valence-electron chi connectivity index (χ3n) is 6.69. The van der Waals surface area contributed by atoms with Crippen LogP contribution in [0.4, 0.5) is 5.69 Å². The number of hydrogen-bond acceptors (Lipinski definition) is 12. The SMILES string of the molecule is Cc1cc2nc3c(=O)n(CCCCCCC(=O)OC(C)(C)C)c(=O)[nH]c3nc2cc1NC[C@H](O)[C@@H](O)[C@H](O)[C@H](O)CO. The molecule has 0 aliphatic carbocycles. The summed E-state index contributed by atoms with van der Waals surface area (Å²) < 4.78 is 6.38. The van der Waals surface area contributed by atoms with E-state index in [2.05, 4.69) is 20.3 Å². The Bertz CT molecular complexity index is 1500. The molecule has 0 spiro atoms. The fourth-order valence-electron chi connectivity index (χ4n) is 4.41. The number of nitrogens with one attached hydrogen (secondary N) is 2. The van der Waals surface area contributed by atoms with Crippen molar-refractivity contribution in [2.75, 3.05) is 18.5 Å². The van der Waals surface area contributed by atoms with E-state index in [0.717, 1.165) is 17.4 Å². The van der Waals surface area contributed by atoms with E-state index in [1.807, 2.05) is 20.8 Å². The number of carbonyl (C=O) groups excluding carboxylic acids is 1. The molecular weight excluding hydrogens is 550 g/mol. The van der Waals surface area contributed by atoms with E-state index in [-0.39, 0.29) is 30.2 Å². The first kappa shape index (κ1) is 33.1. The van der Waals surface area contributed by atoms with Gasteiger partial charge in [-0.3, -0.25) is 19.1 Å². The van der Waals surface area contributed by atoms with Crippen molar-refractivity contribution in [2.45, 2.75) is 96.4 Å². The molecule has 3 rings (SSSR count). The van der Waals surface area contributed by atoms with Crippen LogP contribution in [0.5, 0.6) is 0 Å². The van der Waals surface area contributed by atoms with Crippen molar-refractivity contribution in [3.63, 3.8) is 0 Å². The number of anilines is 1. The van der Waals surface area contributed by atoms with Crippen LogP contribution < -0.4 is 16.6 Å². The predicted molar refractivity (Wildman–Crippen MR) is 155 cm³/mol. The van der Waals surface area contributed by atoms with Crippen LogP contribution in [0.25, 0.3) is 22.2 Å². The summed E-state index contributed by atoms with van der Waals surface area (Å²) in [6.45, 7) is 6.42. The van der Waals surface area contributed by atoms with Crippen molar-refractivity contribution < 1.29 is 35.1 Å². The Balaban J connectivity index is 1.68. The van der Waals surface area contributed by atoms with Crippen molar-refractivity contribution in [1.29, 1.82) is 0 Å². The number of nitrogens with zero attached hydrogens (tertiary/aromatic N) is 3. The Morgan fingerprint density at radius 1 is 1.00 bits per heavy atom. The standard InChI is InChI=1S/C28H41N5O9/c1-15-11-17-18(12-16(15)29-13-19(35)23(38)24(39)20(36)14-34)31-25-22(30-17)26(40)33(27(41)32-25)10-8-6-5-7-9-21(37)42-28(2,3)4/h11-12,19-20,23-24,29,34-36,38-39H,5-10,13-14H2,1-4H3,(H,31,32,41)/t19-,20+,23+,24+/m0/s1. The number of aliphatic hydroxyl groups excluding tert-OH is 5. The number of aromatic amines is 1. The van der Waals surface area contributed by atoms with Crippen molar-refractivity contribution in [1.82, 2.24) is 19.5 Å². The highest BCUT2D eigenvalue weighted by Crippen LogP contribution is 2.22. The molecule has 0 radical (unpaired) electrons. The minimum Gasteiger partial charge on any atom is -0.460 e. The highest BCUT2D eigenvalue weighted by molar-refractivity contribution is 5.87. The average molecular weight is 592 g/mol. The third kappa shape index (κ3) is 8.55. The van der Waals surface area contributed by atoms with Crippen LogP contribution in [-0.2, 0) is 16.1 Å². The minimum absolute atomic E-state index is 0.0158. The summed E-state index contributed by atoms with van der Waals surface area (Å²) in [6.07, 6.45) is -3.54. The van der Waals surface area contributed by atoms with Gasteiger partial charge >= 0.3 is 11.7 Å². The number of unbranched alkanes of at least 4 members (excludes halogenated alkanes) is 3. The van der Waals surface area contributed by atoms with E-state index in [4.69, 9.17) is 9.84 Å². The van der Waals surface area contributed by atoms with Gasteiger partial charge in [0.05, 0.1) is 23.7 Å². The molecule has 14 heteroatoms. The lowest BCUT2D eigenvalue weighted by atomic mass is 10.0. The molecule has 2 aromatic heterocycles. The number of carbonyl (C=O) groups is 1. The molecule has 1 aromatic carbocycles. The van der Waals surface area contributed by atoms with Gasteiger partial charge in [0.1, 0.15) is 23.9 Å². The lowest BCUT2D eigenvalue weighted by Gasteiger charge is -2.26. The molecule has 4 atom stereocenters. The summed E-state index contributed by atoms with van der Waals surface area (Å²) in [4.78, 5) is 49.1. The van der Waals surface area contributed by atoms with Gasteiger partial charge in [0.15, 0.2) is 11.2 Å². The lowest BCUT2D eigenvalue weighted by molar-refractivity contribution is -0.154. The zero-order valence-corrected chi connectivity index (χ0v) is 24.3. The van der Waals surface area contributed by atoms with Crippen LogP contribution in [0.2, 0.25) is 0 Å². The van der Waals surface area contributed by atoms with E-state index in [1.54, 1.807) is 19.1 Å². The Hall–Kier alpha value is -3.43. The predicted octanol–water partition coefficient (Wildman–Crippen LogP) is 0.0814. The molecule has 0 bridgehead atoms. The quantitative estimate of drug-likeness (QED) is 0.0753. The Morgan fingerprint density at radius 3 is 2.31 bits per heavy atom. The van der Waals surface area contributed by atoms with Crippen LogP contribution in [0.1, 0.15) is 58.4 Å². The van der Waals surface area contributed by atoms with Gasteiger partial charge in [0.2, 0.25) is 0 Å². The van der Waals surface area contributed by atoms with Crippen molar-refractivity contribution in [3.05, 3.63) is 38.5 Å². The van der Waals surface area contributed by atoms with Crippen LogP contribution in [0, 0.1) is 6.92 Å². The summed E-state index contributed by atoms with van der Waals surface area (Å²) in [5, 5.41) is 51.4. The second kappa shape index (κ2) is 14.2. The van der Waals surface area contributed by atoms with Crippen LogP contribution in [0.15, 0.2) is 21.7 Å². The van der Waals surface area contributed by atoms with E-state index < -0.39 is 47.9 Å². The average Bonchev–Trinajstić information content (AvgIpc) is 2.92. The Labute approximate surface area is 242 Å². The number of benzene rings is 1. The molecule has 0 saturated heterocycles. The van der Waals surface area contributed by atoms with Gasteiger partial charge in [0, 0.05) is 25.2 Å². The zero-order chi connectivity index (χ0) is 31.2. The summed E-state index contributed by atoms with van der Waals surface area (Å²) in [5.41, 5.74) is 0.322. The van der Waals surface area contributed by atoms with Crippen molar-refractivity contribution >= 4 is 33.9 Å². The first-order valence-electron chi connectivity index (χ1n) is 14.0. The van der Waals surface area contributed by atoms with Crippen molar-refractivity contribution in [2.24, 2.45) is 0 Å². The largest absolute Gasteiger partial charge is 0.460 e. The third-order valence-corrected chi connectivity index (χ3v) is 6.69. The lowest BCUT2D eigenvalue weighted by Crippen LogP contribution is -2.48. The monoisotopic (exact) mass is 591 g/mol. The van der Waals surface area contributed by atoms with E-state index in [0.29, 0.717) is 41.5 Å². The number of hydrogen-bond donors (Lipinski definition) is 7. The molecule has 0 aliphatic heterocycles. The summed E-state index contributed by atoms with van der Waals surface area (Å²) in [7, 11) is 0. The number of aryl methyl sites for hydroxylation is 1. The van der Waals surface area contributed by atoms with Crippen LogP contribution in [0.3, 0.4) is 0 Å². The maximum Gasteiger partial charge on any atom is 0.330 e. The summed E-state index contributed by atoms with van der Waals surface area (Å²) >= 11 is 0. The second-order valence-electron chi connectivity index (χ2n) is 11.4. The number of H-pyrrole nitrogens is 1. The molecule has 232 valence electrons. The first-order chi connectivity index (χ1) is 19.7. The number of aliphatic hydroxyl groups is 5. The molecule has 0 fully saturated rings. The molecule has 7 N–H and O–H groups in total. The molecular formula is C28H41N5O9. The molecule has 2 heterocycles. The van der Waals surface area contributed by atoms with Gasteiger partial charge in [-0.15, -0.1) is 0 Å². The molecule has 0 amide bonds. The number of rotatable bonds is 14. The van der Waals surface area contributed by atoms with E-state index in [1.165, 1.54) is 0 Å². The Morgan fingerprint density at radius 2 is 1.64 bits per heavy atom. The zero-order valence-electron chi connectivity index (χ0n) is 24.3. The maximum absolute atomic E-state index is 13.1. The van der Waals surface area contributed by atoms with Gasteiger partial charge in [-0.2, -0.15) is 0 Å². The highest BCUT2D eigenvalue weighted by Gasteiger charge is 2.30. The Kier molecular flexibility index (Phi) is 11.2. The molecule has 14 nitrogen and oxygen atoms in total. The molecule has 42 heavy (non-hydrogen) atoms. The molecule has 0 saturated carbocycles. The fourth-order valence-corrected chi connectivity index (χ4v) is 4.41. The van der Waals surface area contributed by atoms with E-state index in [9.17, 15) is 34.8 Å². The number of aromatic nitrogens is 4. The van der Waals surface area contributed by atoms with Gasteiger partial charge in [-0.05, 0) is 58.2 Å². The molecule has 3 aromatic rings. The van der Waals surface area contributed by atoms with Gasteiger partial charge in [0.25, 0.3) is 5.56 Å². The summed E-state index contributed by atoms with van der Waals surface area (Å²) in [5.74, 6) is -0.250. The normalized spacial score (nSPS) is 15.0. The van der Waals surface area contributed by atoms with Gasteiger partial charge in [-0.25, -0.2) is 14.8 Å².